The number of amides is 5. The number of Topliss-reactive ketones (excluding diaryl/α,β-unsaturated/α-hetero) is 2. The van der Waals surface area contributed by atoms with Crippen molar-refractivity contribution in [3.8, 4) is 0 Å². The fourth-order valence-corrected chi connectivity index (χ4v) is 13.9. The van der Waals surface area contributed by atoms with Crippen molar-refractivity contribution in [2.45, 2.75) is 290 Å². The van der Waals surface area contributed by atoms with E-state index in [4.69, 9.17) is 18.9 Å². The second-order valence-corrected chi connectivity index (χ2v) is 43.8. The Balaban J connectivity index is 2.62. The summed E-state index contributed by atoms with van der Waals surface area (Å²) in [5.41, 5.74) is -1.76. The smallest absolute Gasteiger partial charge is 0.458 e. The normalized spacial score (nSPS) is 13.6. The first-order chi connectivity index (χ1) is 37.8. The molecule has 3 atom stereocenters. The Morgan fingerprint density at radius 3 is 1.58 bits per heavy atom. The van der Waals surface area contributed by atoms with Crippen molar-refractivity contribution in [1.29, 1.82) is 0 Å². The number of rotatable bonds is 30. The van der Waals surface area contributed by atoms with Crippen LogP contribution in [0.5, 0.6) is 0 Å². The Kier molecular flexibility index (Phi) is 31.6. The van der Waals surface area contributed by atoms with Crippen molar-refractivity contribution in [3.63, 3.8) is 0 Å². The molecule has 5 amide bonds. The third-order valence-corrected chi connectivity index (χ3v) is 19.2. The molecule has 83 heavy (non-hydrogen) atoms. The number of carbonyl (C=O) groups excluding carboxylic acids is 8. The van der Waals surface area contributed by atoms with E-state index in [2.05, 4.69) is 67.2 Å². The van der Waals surface area contributed by atoms with Crippen LogP contribution in [0.15, 0.2) is 23.2 Å². The molecule has 474 valence electrons. The minimum atomic E-state index is -2.85. The van der Waals surface area contributed by atoms with Crippen LogP contribution in [0, 0.1) is 16.7 Å². The number of ketones is 2. The molecule has 0 radical (unpaired) electrons. The van der Waals surface area contributed by atoms with Gasteiger partial charge in [0.15, 0.2) is 0 Å². The topological polar surface area (TPSA) is 246 Å². The van der Waals surface area contributed by atoms with Crippen molar-refractivity contribution in [2.75, 3.05) is 6.54 Å². The van der Waals surface area contributed by atoms with E-state index in [1.807, 2.05) is 39.0 Å². The van der Waals surface area contributed by atoms with Crippen molar-refractivity contribution in [1.82, 2.24) is 26.6 Å². The van der Waals surface area contributed by atoms with Crippen LogP contribution in [0.25, 0.3) is 0 Å². The van der Waals surface area contributed by atoms with E-state index < -0.39 is 77.0 Å². The number of nitrogens with one attached hydrogen (secondary N) is 5. The van der Waals surface area contributed by atoms with Gasteiger partial charge in [-0.3, -0.25) is 14.4 Å². The van der Waals surface area contributed by atoms with Crippen molar-refractivity contribution >= 4 is 75.5 Å². The summed E-state index contributed by atoms with van der Waals surface area (Å²) in [5, 5.41) is 13.9. The molecule has 1 aromatic rings. The third kappa shape index (κ3) is 36.6. The molecule has 0 aliphatic carbocycles. The van der Waals surface area contributed by atoms with Gasteiger partial charge in [-0.1, -0.05) is 33.6 Å². The number of unbranched alkanes of at least 4 members (excludes halogenated alkanes) is 6. The molecule has 1 aromatic carbocycles. The van der Waals surface area contributed by atoms with Crippen LogP contribution in [0.4, 0.5) is 14.4 Å². The first kappa shape index (κ1) is 76.3. The SMILES string of the molecule is CC(C)(C)OC(=O)CC[C@@H](NC(=O)N[C@@H](CCCCNC(=O)CCCCCCC(=O)CC(CCCCCC(=O)c1ccc(CN=C(NC(=O)OC(C)(C)C)NC(=O)OC(C)(C)C)[c]([Sn]([CH3])([CH3])[CH3])c1)C(C)(C)C)C(C)(C)C)C(=O)OC(C)(C)C. The Hall–Kier alpha value is -4.75. The van der Waals surface area contributed by atoms with Gasteiger partial charge < -0.3 is 25.4 Å². The average Bonchev–Trinajstić information content (AvgIpc) is 3.38. The van der Waals surface area contributed by atoms with Crippen LogP contribution >= 0.6 is 0 Å². The molecule has 5 N–H and O–H groups in total. The molecule has 18 nitrogen and oxygen atoms in total. The maximum atomic E-state index is 13.6. The zero-order valence-electron chi connectivity index (χ0n) is 55.2. The van der Waals surface area contributed by atoms with Gasteiger partial charge in [-0.2, -0.15) is 0 Å². The van der Waals surface area contributed by atoms with E-state index in [1.54, 1.807) is 83.1 Å². The standard InChI is InChI=1S/C61H103N6O12.3CH3.Sn/c1-56(2,3)44(28-22-21-24-30-47(69)43-35-33-42(34-36-43)41-63-52(66-54(74)78-60(13,14)15)67-55(75)79-61(16,17)18)40-45(68)29-23-19-20-25-32-49(70)62-39-27-26-31-48(57(4,5)6)65-53(73)64-46(51(72)77-59(10,11)12)37-38-50(71)76-58(7,8)9;;;;/h33,35-36,44,46,48H,19-32,37-41H2,1-18H3,(H,62,70)(H2,64,65,73)(H2,63,66,67,74,75);3*1H3;/t44?,46-,48+;;;;/m1..../s1. The molecule has 0 saturated heterocycles. The molecule has 19 heteroatoms. The number of guanidine groups is 1. The number of aliphatic imine (C=N–C) groups is 1. The first-order valence-corrected chi connectivity index (χ1v) is 40.3. The Labute approximate surface area is 504 Å². The number of benzene rings is 1. The van der Waals surface area contributed by atoms with E-state index in [0.717, 1.165) is 73.4 Å². The molecular weight excluding hydrogens is 1160 g/mol. The Morgan fingerprint density at radius 2 is 1.06 bits per heavy atom. The molecule has 0 fully saturated rings. The van der Waals surface area contributed by atoms with Crippen LogP contribution in [-0.2, 0) is 44.7 Å². The monoisotopic (exact) mass is 1280 g/mol. The van der Waals surface area contributed by atoms with E-state index in [9.17, 15) is 38.4 Å². The van der Waals surface area contributed by atoms with Gasteiger partial charge >= 0.3 is 283 Å². The summed E-state index contributed by atoms with van der Waals surface area (Å²) in [5.74, 6) is -0.626. The summed E-state index contributed by atoms with van der Waals surface area (Å²) in [6.45, 7) is 34.3. The summed E-state index contributed by atoms with van der Waals surface area (Å²) in [7, 11) is 0. The van der Waals surface area contributed by atoms with Gasteiger partial charge in [0, 0.05) is 31.8 Å². The van der Waals surface area contributed by atoms with E-state index in [1.165, 1.54) is 0 Å². The molecule has 0 spiro atoms. The summed E-state index contributed by atoms with van der Waals surface area (Å²) < 4.78 is 22.9. The minimum absolute atomic E-state index is 0.00398. The predicted molar refractivity (Wildman–Crippen MR) is 333 cm³/mol. The fourth-order valence-electron chi connectivity index (χ4n) is 8.98. The van der Waals surface area contributed by atoms with E-state index in [-0.39, 0.29) is 65.6 Å². The predicted octanol–water partition coefficient (Wildman–Crippen LogP) is 13.1. The first-order valence-electron chi connectivity index (χ1n) is 30.3. The van der Waals surface area contributed by atoms with Crippen LogP contribution in [-0.4, -0.2) is 113 Å². The van der Waals surface area contributed by atoms with E-state index >= 15 is 0 Å². The van der Waals surface area contributed by atoms with Gasteiger partial charge in [-0.05, 0) is 85.5 Å². The number of esters is 2. The van der Waals surface area contributed by atoms with Gasteiger partial charge in [-0.15, -0.1) is 0 Å². The minimum Gasteiger partial charge on any atom is -0.458 e. The number of nitrogens with zero attached hydrogens (tertiary/aromatic N) is 1. The molecule has 1 rings (SSSR count). The molecule has 0 heterocycles. The summed E-state index contributed by atoms with van der Waals surface area (Å²) in [6, 6.07) is 3.96. The second kappa shape index (κ2) is 34.4. The van der Waals surface area contributed by atoms with Gasteiger partial charge in [0.1, 0.15) is 17.2 Å². The van der Waals surface area contributed by atoms with Gasteiger partial charge in [0.2, 0.25) is 5.91 Å². The Bertz CT molecular complexity index is 2270. The number of carbonyl (C=O) groups is 8. The fraction of sp³-hybridized carbons (Fsp3) is 0.766. The average molecular weight is 1280 g/mol. The van der Waals surface area contributed by atoms with Crippen molar-refractivity contribution in [2.24, 2.45) is 21.7 Å². The number of ether oxygens (including phenoxy) is 4. The molecule has 0 aliphatic heterocycles. The summed E-state index contributed by atoms with van der Waals surface area (Å²) in [6.07, 6.45) is 9.19. The molecule has 0 aromatic heterocycles. The molecule has 0 aliphatic rings. The second-order valence-electron chi connectivity index (χ2n) is 29.4. The summed E-state index contributed by atoms with van der Waals surface area (Å²) >= 11 is -2.85. The molecule has 0 bridgehead atoms. The summed E-state index contributed by atoms with van der Waals surface area (Å²) in [4.78, 5) is 115. The zero-order chi connectivity index (χ0) is 63.8. The van der Waals surface area contributed by atoms with Crippen LogP contribution in [0.3, 0.4) is 0 Å². The molecule has 1 unspecified atom stereocenters. The number of urea groups is 1. The quantitative estimate of drug-likeness (QED) is 0.00918. The molecular formula is C64H112N6O12Sn. The van der Waals surface area contributed by atoms with Gasteiger partial charge in [0.25, 0.3) is 0 Å². The number of hydrogen-bond acceptors (Lipinski definition) is 13. The van der Waals surface area contributed by atoms with Crippen molar-refractivity contribution in [3.05, 3.63) is 29.3 Å². The number of alkyl carbamates (subject to hydrolysis) is 2. The van der Waals surface area contributed by atoms with Crippen LogP contribution < -0.4 is 30.2 Å². The molecule has 0 saturated carbocycles. The van der Waals surface area contributed by atoms with Crippen LogP contribution in [0.1, 0.15) is 250 Å². The Morgan fingerprint density at radius 1 is 0.542 bits per heavy atom. The number of hydrogen-bond donors (Lipinski definition) is 5. The van der Waals surface area contributed by atoms with E-state index in [0.29, 0.717) is 44.2 Å². The maximum absolute atomic E-state index is 13.6. The van der Waals surface area contributed by atoms with Crippen LogP contribution in [0.2, 0.25) is 14.8 Å². The van der Waals surface area contributed by atoms with Gasteiger partial charge in [-0.25, -0.2) is 9.59 Å². The zero-order valence-corrected chi connectivity index (χ0v) is 58.1. The van der Waals surface area contributed by atoms with Gasteiger partial charge in [0.05, 0.1) is 0 Å². The third-order valence-electron chi connectivity index (χ3n) is 13.3. The van der Waals surface area contributed by atoms with Crippen molar-refractivity contribution < 1.29 is 57.3 Å².